The molecule has 0 amide bonds. The summed E-state index contributed by atoms with van der Waals surface area (Å²) in [5, 5.41) is 3.51. The normalized spacial score (nSPS) is 17.4. The van der Waals surface area contributed by atoms with Crippen LogP contribution in [0.25, 0.3) is 0 Å². The molecule has 0 bridgehead atoms. The minimum absolute atomic E-state index is 0.0928. The molecule has 4 nitrogen and oxygen atoms in total. The molecule has 1 aromatic rings. The Kier molecular flexibility index (Phi) is 4.20. The predicted octanol–water partition coefficient (Wildman–Crippen LogP) is 2.16. The van der Waals surface area contributed by atoms with Crippen molar-refractivity contribution in [1.29, 1.82) is 0 Å². The van der Waals surface area contributed by atoms with Gasteiger partial charge in [0.1, 0.15) is 17.6 Å². The Labute approximate surface area is 103 Å². The van der Waals surface area contributed by atoms with Gasteiger partial charge in [-0.05, 0) is 31.9 Å². The highest BCUT2D eigenvalue weighted by Gasteiger charge is 2.22. The summed E-state index contributed by atoms with van der Waals surface area (Å²) >= 11 is 0. The highest BCUT2D eigenvalue weighted by Crippen LogP contribution is 2.24. The predicted molar refractivity (Wildman–Crippen MR) is 67.5 cm³/mol. The van der Waals surface area contributed by atoms with Gasteiger partial charge in [0.15, 0.2) is 0 Å². The van der Waals surface area contributed by atoms with E-state index in [1.165, 1.54) is 0 Å². The number of hydrogen-bond donors (Lipinski definition) is 1. The van der Waals surface area contributed by atoms with Crippen LogP contribution in [-0.4, -0.2) is 22.7 Å². The van der Waals surface area contributed by atoms with Crippen molar-refractivity contribution in [1.82, 2.24) is 14.9 Å². The lowest BCUT2D eigenvalue weighted by molar-refractivity contribution is 0.165. The van der Waals surface area contributed by atoms with E-state index in [0.717, 1.165) is 44.0 Å². The summed E-state index contributed by atoms with van der Waals surface area (Å²) in [5.41, 5.74) is 0. The van der Waals surface area contributed by atoms with Crippen molar-refractivity contribution in [2.24, 2.45) is 7.05 Å². The fourth-order valence-electron chi connectivity index (χ4n) is 2.04. The second-order valence-electron chi connectivity index (χ2n) is 4.38. The van der Waals surface area contributed by atoms with Gasteiger partial charge in [-0.1, -0.05) is 6.92 Å². The molecule has 17 heavy (non-hydrogen) atoms. The van der Waals surface area contributed by atoms with E-state index in [9.17, 15) is 0 Å². The number of aromatic nitrogens is 2. The number of nitrogens with zero attached hydrogens (tertiary/aromatic N) is 2. The number of rotatable bonds is 5. The van der Waals surface area contributed by atoms with E-state index in [2.05, 4.69) is 23.3 Å². The van der Waals surface area contributed by atoms with Crippen molar-refractivity contribution in [3.63, 3.8) is 0 Å². The Morgan fingerprint density at radius 1 is 1.59 bits per heavy atom. The van der Waals surface area contributed by atoms with Crippen LogP contribution in [0.3, 0.4) is 0 Å². The minimum atomic E-state index is 0.0928. The van der Waals surface area contributed by atoms with Gasteiger partial charge in [-0.15, -0.1) is 0 Å². The van der Waals surface area contributed by atoms with Gasteiger partial charge in [-0.25, -0.2) is 4.98 Å². The van der Waals surface area contributed by atoms with Crippen LogP contribution in [0.2, 0.25) is 0 Å². The first-order chi connectivity index (χ1) is 8.33. The van der Waals surface area contributed by atoms with Crippen LogP contribution in [0.15, 0.2) is 24.2 Å². The quantitative estimate of drug-likeness (QED) is 0.850. The van der Waals surface area contributed by atoms with Crippen LogP contribution in [-0.2, 0) is 11.8 Å². The SMILES string of the molecule is CCCNC(C1=CCCCO1)c1nccn1C. The molecule has 4 heteroatoms. The van der Waals surface area contributed by atoms with E-state index in [4.69, 9.17) is 4.74 Å². The second kappa shape index (κ2) is 5.87. The van der Waals surface area contributed by atoms with Gasteiger partial charge in [0.05, 0.1) is 6.61 Å². The van der Waals surface area contributed by atoms with Gasteiger partial charge in [0.2, 0.25) is 0 Å². The highest BCUT2D eigenvalue weighted by atomic mass is 16.5. The third-order valence-electron chi connectivity index (χ3n) is 2.96. The van der Waals surface area contributed by atoms with Crippen molar-refractivity contribution >= 4 is 0 Å². The molecule has 1 unspecified atom stereocenters. The lowest BCUT2D eigenvalue weighted by Gasteiger charge is -2.24. The van der Waals surface area contributed by atoms with E-state index in [-0.39, 0.29) is 6.04 Å². The number of nitrogens with one attached hydrogen (secondary N) is 1. The molecule has 0 fully saturated rings. The first-order valence-corrected chi connectivity index (χ1v) is 6.36. The zero-order valence-corrected chi connectivity index (χ0v) is 10.6. The van der Waals surface area contributed by atoms with Crippen LogP contribution in [0.5, 0.6) is 0 Å². The summed E-state index contributed by atoms with van der Waals surface area (Å²) in [6.45, 7) is 3.96. The number of aryl methyl sites for hydroxylation is 1. The van der Waals surface area contributed by atoms with Crippen LogP contribution >= 0.6 is 0 Å². The smallest absolute Gasteiger partial charge is 0.133 e. The molecule has 1 aromatic heterocycles. The Balaban J connectivity index is 2.18. The van der Waals surface area contributed by atoms with E-state index in [1.54, 1.807) is 0 Å². The average Bonchev–Trinajstić information content (AvgIpc) is 2.78. The van der Waals surface area contributed by atoms with Gasteiger partial charge < -0.3 is 14.6 Å². The Morgan fingerprint density at radius 2 is 2.47 bits per heavy atom. The van der Waals surface area contributed by atoms with Crippen LogP contribution < -0.4 is 5.32 Å². The lowest BCUT2D eigenvalue weighted by atomic mass is 10.1. The Hall–Kier alpha value is -1.29. The molecule has 0 saturated carbocycles. The van der Waals surface area contributed by atoms with Crippen molar-refractivity contribution in [3.8, 4) is 0 Å². The molecule has 0 saturated heterocycles. The zero-order valence-electron chi connectivity index (χ0n) is 10.6. The Bertz CT molecular complexity index is 384. The third kappa shape index (κ3) is 2.88. The monoisotopic (exact) mass is 235 g/mol. The molecule has 0 spiro atoms. The maximum absolute atomic E-state index is 5.76. The summed E-state index contributed by atoms with van der Waals surface area (Å²) in [5.74, 6) is 2.05. The Morgan fingerprint density at radius 3 is 3.06 bits per heavy atom. The fraction of sp³-hybridized carbons (Fsp3) is 0.615. The van der Waals surface area contributed by atoms with Crippen LogP contribution in [0.1, 0.15) is 38.1 Å². The number of hydrogen-bond acceptors (Lipinski definition) is 3. The topological polar surface area (TPSA) is 39.1 Å². The molecule has 1 aliphatic heterocycles. The number of ether oxygens (including phenoxy) is 1. The van der Waals surface area contributed by atoms with E-state index in [0.29, 0.717) is 0 Å². The first kappa shape index (κ1) is 12.2. The van der Waals surface area contributed by atoms with Crippen molar-refractivity contribution in [2.75, 3.05) is 13.2 Å². The number of imidazole rings is 1. The largest absolute Gasteiger partial charge is 0.496 e. The molecule has 0 aromatic carbocycles. The molecule has 0 radical (unpaired) electrons. The average molecular weight is 235 g/mol. The third-order valence-corrected chi connectivity index (χ3v) is 2.96. The standard InChI is InChI=1S/C13H21N3O/c1-3-7-14-12(11-6-4-5-10-17-11)13-15-8-9-16(13)2/h6,8-9,12,14H,3-5,7,10H2,1-2H3. The highest BCUT2D eigenvalue weighted by molar-refractivity contribution is 5.15. The molecular weight excluding hydrogens is 214 g/mol. The van der Waals surface area contributed by atoms with Gasteiger partial charge in [-0.2, -0.15) is 0 Å². The molecule has 1 atom stereocenters. The van der Waals surface area contributed by atoms with Crippen LogP contribution in [0, 0.1) is 0 Å². The summed E-state index contributed by atoms with van der Waals surface area (Å²) in [7, 11) is 2.02. The van der Waals surface area contributed by atoms with Crippen molar-refractivity contribution in [3.05, 3.63) is 30.1 Å². The zero-order chi connectivity index (χ0) is 12.1. The summed E-state index contributed by atoms with van der Waals surface area (Å²) in [4.78, 5) is 4.42. The summed E-state index contributed by atoms with van der Waals surface area (Å²) < 4.78 is 7.81. The summed E-state index contributed by atoms with van der Waals surface area (Å²) in [6.07, 6.45) is 9.31. The summed E-state index contributed by atoms with van der Waals surface area (Å²) in [6, 6.07) is 0.0928. The van der Waals surface area contributed by atoms with E-state index in [1.807, 2.05) is 24.0 Å². The van der Waals surface area contributed by atoms with Gasteiger partial charge in [0.25, 0.3) is 0 Å². The number of allylic oxidation sites excluding steroid dienone is 1. The van der Waals surface area contributed by atoms with Gasteiger partial charge in [-0.3, -0.25) is 0 Å². The molecule has 1 aliphatic rings. The molecule has 2 heterocycles. The maximum atomic E-state index is 5.76. The van der Waals surface area contributed by atoms with E-state index >= 15 is 0 Å². The maximum Gasteiger partial charge on any atom is 0.133 e. The van der Waals surface area contributed by atoms with Gasteiger partial charge in [0, 0.05) is 19.4 Å². The molecule has 1 N–H and O–H groups in total. The van der Waals surface area contributed by atoms with Crippen molar-refractivity contribution < 1.29 is 4.74 Å². The second-order valence-corrected chi connectivity index (χ2v) is 4.38. The van der Waals surface area contributed by atoms with E-state index < -0.39 is 0 Å². The fourth-order valence-corrected chi connectivity index (χ4v) is 2.04. The molecule has 94 valence electrons. The van der Waals surface area contributed by atoms with Crippen LogP contribution in [0.4, 0.5) is 0 Å². The van der Waals surface area contributed by atoms with Gasteiger partial charge >= 0.3 is 0 Å². The molecule has 2 rings (SSSR count). The molecular formula is C13H21N3O. The molecule has 0 aliphatic carbocycles. The van der Waals surface area contributed by atoms with Crippen molar-refractivity contribution in [2.45, 2.75) is 32.2 Å². The lowest BCUT2D eigenvalue weighted by Crippen LogP contribution is -2.28. The first-order valence-electron chi connectivity index (χ1n) is 6.36. The minimum Gasteiger partial charge on any atom is -0.496 e.